The highest BCUT2D eigenvalue weighted by Crippen LogP contribution is 2.36. The van der Waals surface area contributed by atoms with Gasteiger partial charge in [-0.15, -0.1) is 0 Å². The van der Waals surface area contributed by atoms with Gasteiger partial charge in [-0.2, -0.15) is 35.3 Å². The predicted molar refractivity (Wildman–Crippen MR) is 344 cm³/mol. The molecule has 6 aliphatic heterocycles. The first-order chi connectivity index (χ1) is 41.4. The van der Waals surface area contributed by atoms with Crippen molar-refractivity contribution in [2.45, 2.75) is 226 Å². The molecule has 21 heteroatoms. The number of thioether (sulfide) groups is 3. The number of esters is 3. The number of hydrogen-bond acceptors (Lipinski definition) is 13. The van der Waals surface area contributed by atoms with Gasteiger partial charge in [0, 0.05) is 116 Å². The van der Waals surface area contributed by atoms with E-state index >= 15 is 0 Å². The molecular formula is C64H103N10O8S3+. The summed E-state index contributed by atoms with van der Waals surface area (Å²) in [5.74, 6) is 3.85. The molecule has 6 aliphatic rings. The van der Waals surface area contributed by atoms with Crippen LogP contribution in [0.2, 0.25) is 0 Å². The minimum Gasteiger partial charge on any atom is -0.466 e. The molecule has 6 fully saturated rings. The molecule has 18 nitrogen and oxygen atoms in total. The normalized spacial score (nSPS) is 23.4. The second-order valence-corrected chi connectivity index (χ2v) is 28.3. The van der Waals surface area contributed by atoms with Crippen LogP contribution in [0, 0.1) is 0 Å². The van der Waals surface area contributed by atoms with E-state index in [4.69, 9.17) is 14.2 Å². The van der Waals surface area contributed by atoms with Crippen molar-refractivity contribution in [3.05, 3.63) is 86.0 Å². The number of unbranched alkanes of at least 4 members (excludes halogenated alkanes) is 12. The zero-order valence-corrected chi connectivity index (χ0v) is 53.6. The Bertz CT molecular complexity index is 2400. The molecule has 9 rings (SSSR count). The Morgan fingerprint density at radius 3 is 1.28 bits per heavy atom. The number of quaternary nitrogens is 1. The number of rotatable bonds is 38. The summed E-state index contributed by atoms with van der Waals surface area (Å²) in [5, 5.41) is 20.3. The van der Waals surface area contributed by atoms with Crippen LogP contribution in [0.15, 0.2) is 86.0 Å². The smallest absolute Gasteiger partial charge is 0.315 e. The van der Waals surface area contributed by atoms with E-state index in [9.17, 15) is 24.0 Å². The summed E-state index contributed by atoms with van der Waals surface area (Å²) < 4.78 is 23.4. The Balaban J connectivity index is 0.000000185. The fourth-order valence-corrected chi connectivity index (χ4v) is 16.7. The van der Waals surface area contributed by atoms with Crippen LogP contribution >= 0.6 is 35.3 Å². The summed E-state index contributed by atoms with van der Waals surface area (Å²) in [6.45, 7) is 9.48. The number of ether oxygens (including phenoxy) is 3. The van der Waals surface area contributed by atoms with E-state index in [2.05, 4.69) is 103 Å². The molecule has 0 saturated carbocycles. The van der Waals surface area contributed by atoms with Gasteiger partial charge >= 0.3 is 30.0 Å². The zero-order chi connectivity index (χ0) is 59.9. The molecule has 6 N–H and O–H groups in total. The van der Waals surface area contributed by atoms with Gasteiger partial charge in [0.15, 0.2) is 0 Å². The standard InChI is InChI=1S/C26H43N3O3S.C21H35N4O2S.C17H25N3O3S/c30-24(16-10-9-15-23-25-22(21-33-23)27-26(31)28-25)32-20-14-8-6-4-2-1-3-5-7-11-17-29-18-12-13-19-29;1-17-22-18-15-28-19(21(18)23-17)9-4-5-10-20(26)27-16-25(2,3)14-8-13-24-11-6-7-12-24;21-15(23-11-5-10-20-8-3-4-9-20)7-2-1-6-14-16-13(12-24-14)18-17(22)19-16/h12-13,18-19,22-23,25H,1-11,14-17,20-21H2,(H2,27,28,31);6-7,11-12,18-19,21-23H,1,4-5,8-10,13-16H2,2-3H3;3-4,8-9,13-14,16H,1-2,5-7,10-12H2,(H2,18,19,22)/q;+1;/t;18-,19-,21-;/m.0./s1. The van der Waals surface area contributed by atoms with Gasteiger partial charge in [-0.3, -0.25) is 18.9 Å². The Morgan fingerprint density at radius 1 is 0.459 bits per heavy atom. The van der Waals surface area contributed by atoms with E-state index in [-0.39, 0.29) is 54.1 Å². The Labute approximate surface area is 520 Å². The average molecular weight is 1240 g/mol. The highest BCUT2D eigenvalue weighted by Gasteiger charge is 2.44. The Morgan fingerprint density at radius 2 is 0.824 bits per heavy atom. The molecule has 474 valence electrons. The summed E-state index contributed by atoms with van der Waals surface area (Å²) >= 11 is 5.87. The van der Waals surface area contributed by atoms with Gasteiger partial charge in [-0.25, -0.2) is 9.59 Å². The quantitative estimate of drug-likeness (QED) is 0.00792. The second kappa shape index (κ2) is 37.7. The van der Waals surface area contributed by atoms with E-state index in [0.29, 0.717) is 71.5 Å². The third-order valence-electron chi connectivity index (χ3n) is 16.9. The third-order valence-corrected chi connectivity index (χ3v) is 21.4. The first kappa shape index (κ1) is 67.6. The molecule has 4 amide bonds. The lowest BCUT2D eigenvalue weighted by molar-refractivity contribution is -0.907. The number of nitrogens with zero attached hydrogens (tertiary/aromatic N) is 4. The van der Waals surface area contributed by atoms with Crippen molar-refractivity contribution >= 4 is 65.3 Å². The molecule has 3 aromatic rings. The van der Waals surface area contributed by atoms with Crippen LogP contribution in [0.1, 0.15) is 154 Å². The van der Waals surface area contributed by atoms with Crippen molar-refractivity contribution < 1.29 is 42.7 Å². The van der Waals surface area contributed by atoms with Gasteiger partial charge in [-0.05, 0) is 94.2 Å². The maximum atomic E-state index is 12.1. The summed E-state index contributed by atoms with van der Waals surface area (Å²) in [6.07, 6.45) is 37.5. The molecule has 9 atom stereocenters. The van der Waals surface area contributed by atoms with E-state index in [1.54, 1.807) is 0 Å². The minimum absolute atomic E-state index is 0.0334. The summed E-state index contributed by atoms with van der Waals surface area (Å²) in [7, 11) is 4.24. The highest BCUT2D eigenvalue weighted by atomic mass is 32.2. The van der Waals surface area contributed by atoms with Gasteiger partial charge in [-0.1, -0.05) is 77.2 Å². The van der Waals surface area contributed by atoms with Crippen molar-refractivity contribution in [2.24, 2.45) is 0 Å². The number of fused-ring (bicyclic) bond motifs is 3. The van der Waals surface area contributed by atoms with Crippen LogP contribution in [-0.4, -0.2) is 158 Å². The van der Waals surface area contributed by atoms with E-state index in [0.717, 1.165) is 133 Å². The topological polar surface area (TPSA) is 200 Å². The number of aromatic nitrogens is 3. The van der Waals surface area contributed by atoms with Gasteiger partial charge in [0.1, 0.15) is 0 Å². The maximum absolute atomic E-state index is 12.1. The van der Waals surface area contributed by atoms with Crippen LogP contribution in [0.25, 0.3) is 0 Å². The van der Waals surface area contributed by atoms with Crippen LogP contribution < -0.4 is 31.9 Å². The number of carbonyl (C=O) groups is 5. The second-order valence-electron chi connectivity index (χ2n) is 24.5. The first-order valence-electron chi connectivity index (χ1n) is 32.2. The molecule has 0 aromatic carbocycles. The molecular weight excluding hydrogens is 1130 g/mol. The monoisotopic (exact) mass is 1240 g/mol. The SMILES string of the molecule is C=C1N[C@H]2[C@H](CS[C@H]2CCCCC(=O)OC[N+](C)(C)CCCn2cccc2)N1.O=C1NC2CSC(CCCCC(=O)OCCCCCCCCCCCCn3cccc3)C2N1.O=C1NC2CSC(CCCCC(=O)OCCCn3cccc3)C2N1. The lowest BCUT2D eigenvalue weighted by atomic mass is 10.0. The molecule has 85 heavy (non-hydrogen) atoms. The average Bonchev–Trinajstić information content (AvgIpc) is 4.29. The fourth-order valence-electron chi connectivity index (χ4n) is 12.1. The maximum Gasteiger partial charge on any atom is 0.315 e. The molecule has 0 aliphatic carbocycles. The lowest BCUT2D eigenvalue weighted by Crippen LogP contribution is -2.43. The van der Waals surface area contributed by atoms with Crippen molar-refractivity contribution in [3.8, 4) is 0 Å². The summed E-state index contributed by atoms with van der Waals surface area (Å²) in [4.78, 5) is 58.5. The lowest BCUT2D eigenvalue weighted by Gasteiger charge is -2.28. The number of aryl methyl sites for hydroxylation is 3. The van der Waals surface area contributed by atoms with Crippen LogP contribution in [-0.2, 0) is 48.2 Å². The first-order valence-corrected chi connectivity index (χ1v) is 35.3. The molecule has 9 heterocycles. The number of amides is 4. The van der Waals surface area contributed by atoms with Crippen LogP contribution in [0.4, 0.5) is 9.59 Å². The van der Waals surface area contributed by atoms with E-state index < -0.39 is 0 Å². The van der Waals surface area contributed by atoms with Crippen molar-refractivity contribution in [1.29, 1.82) is 0 Å². The molecule has 0 spiro atoms. The van der Waals surface area contributed by atoms with Gasteiger partial charge in [0.2, 0.25) is 6.73 Å². The van der Waals surface area contributed by atoms with E-state index in [1.165, 1.54) is 51.4 Å². The van der Waals surface area contributed by atoms with Crippen molar-refractivity contribution in [3.63, 3.8) is 0 Å². The molecule has 6 unspecified atom stereocenters. The van der Waals surface area contributed by atoms with Crippen molar-refractivity contribution in [1.82, 2.24) is 45.6 Å². The Kier molecular flexibility index (Phi) is 30.0. The largest absolute Gasteiger partial charge is 0.466 e. The van der Waals surface area contributed by atoms with Gasteiger partial charge in [0.25, 0.3) is 0 Å². The van der Waals surface area contributed by atoms with Crippen LogP contribution in [0.5, 0.6) is 0 Å². The zero-order valence-electron chi connectivity index (χ0n) is 51.2. The summed E-state index contributed by atoms with van der Waals surface area (Å²) in [6, 6.07) is 14.3. The Hall–Kier alpha value is -4.86. The third kappa shape index (κ3) is 25.4. The molecule has 0 radical (unpaired) electrons. The molecule has 0 bridgehead atoms. The molecule has 3 aromatic heterocycles. The van der Waals surface area contributed by atoms with Crippen LogP contribution in [0.3, 0.4) is 0 Å². The number of urea groups is 2. The molecule has 6 saturated heterocycles. The number of carbonyl (C=O) groups excluding carboxylic acids is 5. The van der Waals surface area contributed by atoms with Gasteiger partial charge in [0.05, 0.1) is 75.9 Å². The summed E-state index contributed by atoms with van der Waals surface area (Å²) in [5.41, 5.74) is 0. The minimum atomic E-state index is -0.102. The number of hydrogen-bond donors (Lipinski definition) is 6. The predicted octanol–water partition coefficient (Wildman–Crippen LogP) is 10.3. The number of nitrogens with one attached hydrogen (secondary N) is 6. The van der Waals surface area contributed by atoms with E-state index in [1.807, 2.05) is 71.9 Å². The fraction of sp³-hybridized carbons (Fsp3) is 0.703. The highest BCUT2D eigenvalue weighted by molar-refractivity contribution is 8.00. The van der Waals surface area contributed by atoms with Gasteiger partial charge < -0.3 is 59.8 Å². The van der Waals surface area contributed by atoms with Crippen molar-refractivity contribution in [2.75, 3.05) is 57.8 Å².